The smallest absolute Gasteiger partial charge is 0.191 e. The number of aliphatic hydroxyl groups is 1. The lowest BCUT2D eigenvalue weighted by atomic mass is 9.93. The SMILES string of the molecule is CCNC(=NCCCNc1ccccc1)NC1CCC(O)CC1.I. The molecular weight excluding hydrogens is 415 g/mol. The van der Waals surface area contributed by atoms with Crippen molar-refractivity contribution in [2.45, 2.75) is 51.2 Å². The maximum absolute atomic E-state index is 9.58. The van der Waals surface area contributed by atoms with Crippen LogP contribution in [0, 0.1) is 0 Å². The van der Waals surface area contributed by atoms with Crippen LogP contribution in [-0.4, -0.2) is 42.8 Å². The highest BCUT2D eigenvalue weighted by Gasteiger charge is 2.19. The third kappa shape index (κ3) is 8.19. The minimum Gasteiger partial charge on any atom is -0.393 e. The van der Waals surface area contributed by atoms with Gasteiger partial charge in [-0.2, -0.15) is 0 Å². The van der Waals surface area contributed by atoms with Crippen molar-refractivity contribution in [2.24, 2.45) is 4.99 Å². The maximum atomic E-state index is 9.58. The first-order valence-corrected chi connectivity index (χ1v) is 8.79. The molecule has 0 amide bonds. The molecule has 0 heterocycles. The van der Waals surface area contributed by atoms with E-state index >= 15 is 0 Å². The van der Waals surface area contributed by atoms with E-state index in [9.17, 15) is 5.11 Å². The second-order valence-corrected chi connectivity index (χ2v) is 6.06. The zero-order valence-electron chi connectivity index (χ0n) is 14.5. The van der Waals surface area contributed by atoms with E-state index in [0.717, 1.165) is 63.4 Å². The van der Waals surface area contributed by atoms with E-state index in [1.54, 1.807) is 0 Å². The summed E-state index contributed by atoms with van der Waals surface area (Å²) in [7, 11) is 0. The number of anilines is 1. The van der Waals surface area contributed by atoms with E-state index in [1.165, 1.54) is 0 Å². The monoisotopic (exact) mass is 446 g/mol. The van der Waals surface area contributed by atoms with E-state index in [4.69, 9.17) is 0 Å². The molecule has 0 unspecified atom stereocenters. The van der Waals surface area contributed by atoms with Crippen molar-refractivity contribution in [1.82, 2.24) is 10.6 Å². The fourth-order valence-corrected chi connectivity index (χ4v) is 2.79. The van der Waals surface area contributed by atoms with E-state index in [1.807, 2.05) is 18.2 Å². The van der Waals surface area contributed by atoms with Crippen LogP contribution in [0.2, 0.25) is 0 Å². The van der Waals surface area contributed by atoms with Gasteiger partial charge in [0.1, 0.15) is 0 Å². The lowest BCUT2D eigenvalue weighted by molar-refractivity contribution is 0.120. The van der Waals surface area contributed by atoms with Crippen molar-refractivity contribution in [1.29, 1.82) is 0 Å². The lowest BCUT2D eigenvalue weighted by Crippen LogP contribution is -2.45. The Morgan fingerprint density at radius 3 is 2.54 bits per heavy atom. The molecule has 1 aromatic rings. The molecule has 1 fully saturated rings. The van der Waals surface area contributed by atoms with Crippen LogP contribution in [-0.2, 0) is 0 Å². The van der Waals surface area contributed by atoms with Gasteiger partial charge >= 0.3 is 0 Å². The van der Waals surface area contributed by atoms with Crippen LogP contribution in [0.15, 0.2) is 35.3 Å². The molecule has 1 aliphatic rings. The molecular formula is C18H31IN4O. The molecule has 0 radical (unpaired) electrons. The summed E-state index contributed by atoms with van der Waals surface area (Å²) in [6, 6.07) is 10.7. The fraction of sp³-hybridized carbons (Fsp3) is 0.611. The van der Waals surface area contributed by atoms with Gasteiger partial charge in [0, 0.05) is 31.4 Å². The molecule has 4 N–H and O–H groups in total. The highest BCUT2D eigenvalue weighted by Crippen LogP contribution is 2.18. The largest absolute Gasteiger partial charge is 0.393 e. The van der Waals surface area contributed by atoms with Gasteiger partial charge in [0.05, 0.1) is 6.10 Å². The maximum Gasteiger partial charge on any atom is 0.191 e. The molecule has 0 bridgehead atoms. The van der Waals surface area contributed by atoms with Gasteiger partial charge in [-0.3, -0.25) is 4.99 Å². The van der Waals surface area contributed by atoms with Gasteiger partial charge in [-0.25, -0.2) is 0 Å². The molecule has 6 heteroatoms. The Labute approximate surface area is 162 Å². The van der Waals surface area contributed by atoms with Gasteiger partial charge in [-0.15, -0.1) is 24.0 Å². The molecule has 2 rings (SSSR count). The Kier molecular flexibility index (Phi) is 10.8. The number of aliphatic imine (C=N–C) groups is 1. The molecule has 0 atom stereocenters. The summed E-state index contributed by atoms with van der Waals surface area (Å²) < 4.78 is 0. The van der Waals surface area contributed by atoms with E-state index in [0.29, 0.717) is 6.04 Å². The van der Waals surface area contributed by atoms with Gasteiger partial charge < -0.3 is 21.1 Å². The number of aliphatic hydroxyl groups excluding tert-OH is 1. The number of guanidine groups is 1. The van der Waals surface area contributed by atoms with Crippen molar-refractivity contribution < 1.29 is 5.11 Å². The summed E-state index contributed by atoms with van der Waals surface area (Å²) >= 11 is 0. The van der Waals surface area contributed by atoms with Crippen LogP contribution < -0.4 is 16.0 Å². The number of benzene rings is 1. The highest BCUT2D eigenvalue weighted by molar-refractivity contribution is 14.0. The molecule has 1 aromatic carbocycles. The first-order chi connectivity index (χ1) is 11.3. The summed E-state index contributed by atoms with van der Waals surface area (Å²) in [6.07, 6.45) is 4.68. The molecule has 24 heavy (non-hydrogen) atoms. The second kappa shape index (κ2) is 12.4. The second-order valence-electron chi connectivity index (χ2n) is 6.06. The Bertz CT molecular complexity index is 461. The minimum atomic E-state index is -0.114. The molecule has 136 valence electrons. The first-order valence-electron chi connectivity index (χ1n) is 8.79. The number of hydrogen-bond donors (Lipinski definition) is 4. The van der Waals surface area contributed by atoms with E-state index in [-0.39, 0.29) is 30.1 Å². The van der Waals surface area contributed by atoms with E-state index < -0.39 is 0 Å². The highest BCUT2D eigenvalue weighted by atomic mass is 127. The van der Waals surface area contributed by atoms with Gasteiger partial charge in [-0.05, 0) is 51.2 Å². The third-order valence-electron chi connectivity index (χ3n) is 4.09. The fourth-order valence-electron chi connectivity index (χ4n) is 2.79. The van der Waals surface area contributed by atoms with Crippen molar-refractivity contribution in [2.75, 3.05) is 25.0 Å². The third-order valence-corrected chi connectivity index (χ3v) is 4.09. The average molecular weight is 446 g/mol. The summed E-state index contributed by atoms with van der Waals surface area (Å²) in [5, 5.41) is 19.8. The zero-order chi connectivity index (χ0) is 16.3. The van der Waals surface area contributed by atoms with Crippen LogP contribution in [0.1, 0.15) is 39.0 Å². The van der Waals surface area contributed by atoms with Crippen molar-refractivity contribution in [3.63, 3.8) is 0 Å². The van der Waals surface area contributed by atoms with Crippen LogP contribution in [0.5, 0.6) is 0 Å². The molecule has 0 aliphatic heterocycles. The van der Waals surface area contributed by atoms with Crippen LogP contribution in [0.3, 0.4) is 0 Å². The molecule has 5 nitrogen and oxygen atoms in total. The van der Waals surface area contributed by atoms with Crippen molar-refractivity contribution >= 4 is 35.6 Å². The topological polar surface area (TPSA) is 68.7 Å². The van der Waals surface area contributed by atoms with Gasteiger partial charge in [0.2, 0.25) is 0 Å². The van der Waals surface area contributed by atoms with Crippen molar-refractivity contribution in [3.05, 3.63) is 30.3 Å². The molecule has 0 aromatic heterocycles. The average Bonchev–Trinajstić information content (AvgIpc) is 2.57. The van der Waals surface area contributed by atoms with Crippen LogP contribution in [0.4, 0.5) is 5.69 Å². The normalized spacial score (nSPS) is 20.8. The zero-order valence-corrected chi connectivity index (χ0v) is 16.8. The Morgan fingerprint density at radius 1 is 1.17 bits per heavy atom. The standard InChI is InChI=1S/C18H30N4O.HI/c1-2-19-18(22-16-9-11-17(23)12-10-16)21-14-6-13-20-15-7-4-3-5-8-15;/h3-5,7-8,16-17,20,23H,2,6,9-14H2,1H3,(H2,19,21,22);1H. The number of halogens is 1. The number of rotatable bonds is 7. The molecule has 0 saturated heterocycles. The number of para-hydroxylation sites is 1. The Hall–Kier alpha value is -1.02. The predicted octanol–water partition coefficient (Wildman–Crippen LogP) is 2.97. The van der Waals surface area contributed by atoms with E-state index in [2.05, 4.69) is 40.0 Å². The lowest BCUT2D eigenvalue weighted by Gasteiger charge is -2.27. The van der Waals surface area contributed by atoms with Gasteiger partial charge in [0.25, 0.3) is 0 Å². The summed E-state index contributed by atoms with van der Waals surface area (Å²) in [4.78, 5) is 4.65. The van der Waals surface area contributed by atoms with Crippen LogP contribution in [0.25, 0.3) is 0 Å². The van der Waals surface area contributed by atoms with Gasteiger partial charge in [0.15, 0.2) is 5.96 Å². The minimum absolute atomic E-state index is 0. The quantitative estimate of drug-likeness (QED) is 0.225. The number of hydrogen-bond acceptors (Lipinski definition) is 3. The summed E-state index contributed by atoms with van der Waals surface area (Å²) in [6.45, 7) is 4.66. The molecule has 1 aliphatic carbocycles. The Morgan fingerprint density at radius 2 is 1.88 bits per heavy atom. The van der Waals surface area contributed by atoms with Crippen molar-refractivity contribution in [3.8, 4) is 0 Å². The molecule has 0 spiro atoms. The predicted molar refractivity (Wildman–Crippen MR) is 112 cm³/mol. The van der Waals surface area contributed by atoms with Crippen LogP contribution >= 0.6 is 24.0 Å². The number of nitrogens with one attached hydrogen (secondary N) is 3. The van der Waals surface area contributed by atoms with Gasteiger partial charge in [-0.1, -0.05) is 18.2 Å². The first kappa shape index (κ1) is 21.0. The summed E-state index contributed by atoms with van der Waals surface area (Å²) in [5.74, 6) is 0.897. The number of nitrogens with zero attached hydrogens (tertiary/aromatic N) is 1. The molecule has 1 saturated carbocycles. The summed E-state index contributed by atoms with van der Waals surface area (Å²) in [5.41, 5.74) is 1.15. The Balaban J connectivity index is 0.00000288.